The highest BCUT2D eigenvalue weighted by atomic mass is 35.5. The summed E-state index contributed by atoms with van der Waals surface area (Å²) in [6.07, 6.45) is 2.82. The number of hydrogen-bond acceptors (Lipinski definition) is 2. The second-order valence-corrected chi connectivity index (χ2v) is 5.09. The Bertz CT molecular complexity index is 749. The van der Waals surface area contributed by atoms with Gasteiger partial charge in [-0.05, 0) is 37.1 Å². The summed E-state index contributed by atoms with van der Waals surface area (Å²) in [7, 11) is 0. The van der Waals surface area contributed by atoms with Crippen molar-refractivity contribution in [3.8, 4) is 5.75 Å². The van der Waals surface area contributed by atoms with Crippen LogP contribution in [0.5, 0.6) is 5.75 Å². The molecule has 3 nitrogen and oxygen atoms in total. The second kappa shape index (κ2) is 4.74. The molecule has 0 spiro atoms. The maximum atomic E-state index is 6.33. The molecule has 1 N–H and O–H groups in total. The number of aryl methyl sites for hydroxylation is 1. The molecule has 0 fully saturated rings. The zero-order valence-electron chi connectivity index (χ0n) is 11.0. The molecule has 19 heavy (non-hydrogen) atoms. The summed E-state index contributed by atoms with van der Waals surface area (Å²) in [6, 6.07) is 5.88. The molecule has 0 saturated heterocycles. The van der Waals surface area contributed by atoms with Crippen LogP contribution in [0.25, 0.3) is 21.9 Å². The lowest BCUT2D eigenvalue weighted by molar-refractivity contribution is 0.320. The molecule has 2 heterocycles. The van der Waals surface area contributed by atoms with Crippen LogP contribution in [0.2, 0.25) is 5.02 Å². The summed E-state index contributed by atoms with van der Waals surface area (Å²) >= 11 is 6.33. The molecular weight excluding hydrogens is 260 g/mol. The maximum absolute atomic E-state index is 6.33. The Kier molecular flexibility index (Phi) is 3.07. The standard InChI is InChI=1S/C15H15ClN2O/c1-3-6-19-12-5-4-11(16)13-10-7-9(2)8-17-15(10)18-14(12)13/h4-5,7-8H,3,6H2,1-2H3,(H,17,18). The Morgan fingerprint density at radius 2 is 2.21 bits per heavy atom. The third kappa shape index (κ3) is 2.04. The molecule has 4 heteroatoms. The van der Waals surface area contributed by atoms with Crippen LogP contribution in [0.3, 0.4) is 0 Å². The Labute approximate surface area is 116 Å². The average Bonchev–Trinajstić information content (AvgIpc) is 2.77. The maximum Gasteiger partial charge on any atom is 0.143 e. The van der Waals surface area contributed by atoms with Crippen molar-refractivity contribution in [2.45, 2.75) is 20.3 Å². The summed E-state index contributed by atoms with van der Waals surface area (Å²) in [6.45, 7) is 4.80. The Balaban J connectivity index is 2.32. The van der Waals surface area contributed by atoms with Crippen LogP contribution < -0.4 is 4.74 Å². The molecule has 0 saturated carbocycles. The van der Waals surface area contributed by atoms with Gasteiger partial charge in [0, 0.05) is 17.0 Å². The van der Waals surface area contributed by atoms with Gasteiger partial charge in [0.15, 0.2) is 0 Å². The second-order valence-electron chi connectivity index (χ2n) is 4.68. The number of aromatic amines is 1. The average molecular weight is 275 g/mol. The number of H-pyrrole nitrogens is 1. The lowest BCUT2D eigenvalue weighted by Gasteiger charge is -2.06. The summed E-state index contributed by atoms with van der Waals surface area (Å²) < 4.78 is 5.77. The SMILES string of the molecule is CCCOc1ccc(Cl)c2c1[nH]c1ncc(C)cc12. The zero-order chi connectivity index (χ0) is 13.4. The summed E-state index contributed by atoms with van der Waals surface area (Å²) in [5, 5.41) is 2.75. The van der Waals surface area contributed by atoms with Gasteiger partial charge in [-0.2, -0.15) is 0 Å². The van der Waals surface area contributed by atoms with Crippen molar-refractivity contribution < 1.29 is 4.74 Å². The number of ether oxygens (including phenoxy) is 1. The van der Waals surface area contributed by atoms with Crippen LogP contribution in [-0.2, 0) is 0 Å². The molecule has 98 valence electrons. The monoisotopic (exact) mass is 274 g/mol. The topological polar surface area (TPSA) is 37.9 Å². The Hall–Kier alpha value is -1.74. The van der Waals surface area contributed by atoms with Crippen molar-refractivity contribution >= 4 is 33.5 Å². The number of nitrogens with zero attached hydrogens (tertiary/aromatic N) is 1. The number of fused-ring (bicyclic) bond motifs is 3. The third-order valence-electron chi connectivity index (χ3n) is 3.12. The fourth-order valence-corrected chi connectivity index (χ4v) is 2.51. The Morgan fingerprint density at radius 3 is 3.00 bits per heavy atom. The number of benzene rings is 1. The van der Waals surface area contributed by atoms with Gasteiger partial charge in [0.05, 0.1) is 17.1 Å². The van der Waals surface area contributed by atoms with Gasteiger partial charge in [-0.15, -0.1) is 0 Å². The predicted molar refractivity (Wildman–Crippen MR) is 79.1 cm³/mol. The van der Waals surface area contributed by atoms with Crippen LogP contribution in [0.4, 0.5) is 0 Å². The lowest BCUT2D eigenvalue weighted by atomic mass is 10.1. The minimum atomic E-state index is 0.693. The van der Waals surface area contributed by atoms with Crippen LogP contribution >= 0.6 is 11.6 Å². The highest BCUT2D eigenvalue weighted by Gasteiger charge is 2.13. The van der Waals surface area contributed by atoms with Gasteiger partial charge in [-0.3, -0.25) is 0 Å². The van der Waals surface area contributed by atoms with Crippen molar-refractivity contribution in [2.75, 3.05) is 6.61 Å². The minimum Gasteiger partial charge on any atom is -0.491 e. The highest BCUT2D eigenvalue weighted by Crippen LogP contribution is 2.36. The number of halogens is 1. The molecule has 0 bridgehead atoms. The smallest absolute Gasteiger partial charge is 0.143 e. The van der Waals surface area contributed by atoms with E-state index in [-0.39, 0.29) is 0 Å². The van der Waals surface area contributed by atoms with E-state index in [2.05, 4.69) is 23.0 Å². The molecule has 0 radical (unpaired) electrons. The van der Waals surface area contributed by atoms with E-state index in [0.717, 1.165) is 44.7 Å². The first kappa shape index (κ1) is 12.3. The summed E-state index contributed by atoms with van der Waals surface area (Å²) in [5.74, 6) is 0.830. The molecule has 2 aromatic heterocycles. The molecule has 3 rings (SSSR count). The van der Waals surface area contributed by atoms with Crippen molar-refractivity contribution in [3.05, 3.63) is 35.0 Å². The fraction of sp³-hybridized carbons (Fsp3) is 0.267. The van der Waals surface area contributed by atoms with E-state index in [1.165, 1.54) is 0 Å². The molecule has 3 aromatic rings. The van der Waals surface area contributed by atoms with E-state index in [9.17, 15) is 0 Å². The molecule has 0 aliphatic carbocycles. The normalized spacial score (nSPS) is 11.3. The van der Waals surface area contributed by atoms with Gasteiger partial charge < -0.3 is 9.72 Å². The molecule has 1 aromatic carbocycles. The van der Waals surface area contributed by atoms with Gasteiger partial charge in [-0.1, -0.05) is 18.5 Å². The van der Waals surface area contributed by atoms with Gasteiger partial charge in [0.1, 0.15) is 11.4 Å². The van der Waals surface area contributed by atoms with Gasteiger partial charge in [-0.25, -0.2) is 4.98 Å². The first-order chi connectivity index (χ1) is 9.20. The largest absolute Gasteiger partial charge is 0.491 e. The summed E-state index contributed by atoms with van der Waals surface area (Å²) in [4.78, 5) is 7.71. The molecule has 0 aliphatic rings. The number of pyridine rings is 1. The minimum absolute atomic E-state index is 0.693. The van der Waals surface area contributed by atoms with E-state index in [4.69, 9.17) is 16.3 Å². The zero-order valence-corrected chi connectivity index (χ0v) is 11.7. The first-order valence-electron chi connectivity index (χ1n) is 6.40. The van der Waals surface area contributed by atoms with Gasteiger partial charge in [0.25, 0.3) is 0 Å². The van der Waals surface area contributed by atoms with E-state index in [1.54, 1.807) is 0 Å². The van der Waals surface area contributed by atoms with Crippen molar-refractivity contribution in [1.82, 2.24) is 9.97 Å². The number of aromatic nitrogens is 2. The molecule has 0 unspecified atom stereocenters. The first-order valence-corrected chi connectivity index (χ1v) is 6.78. The number of nitrogens with one attached hydrogen (secondary N) is 1. The van der Waals surface area contributed by atoms with Crippen molar-refractivity contribution in [1.29, 1.82) is 0 Å². The lowest BCUT2D eigenvalue weighted by Crippen LogP contribution is -1.95. The van der Waals surface area contributed by atoms with E-state index in [0.29, 0.717) is 6.61 Å². The van der Waals surface area contributed by atoms with Crippen LogP contribution in [0, 0.1) is 6.92 Å². The van der Waals surface area contributed by atoms with E-state index >= 15 is 0 Å². The fourth-order valence-electron chi connectivity index (χ4n) is 2.26. The van der Waals surface area contributed by atoms with Gasteiger partial charge >= 0.3 is 0 Å². The number of rotatable bonds is 3. The molecule has 0 amide bonds. The number of hydrogen-bond donors (Lipinski definition) is 1. The summed E-state index contributed by atoms with van der Waals surface area (Å²) in [5.41, 5.74) is 2.88. The molecular formula is C15H15ClN2O. The predicted octanol–water partition coefficient (Wildman–Crippen LogP) is 4.47. The van der Waals surface area contributed by atoms with E-state index < -0.39 is 0 Å². The molecule has 0 aliphatic heterocycles. The quantitative estimate of drug-likeness (QED) is 0.765. The van der Waals surface area contributed by atoms with Crippen LogP contribution in [-0.4, -0.2) is 16.6 Å². The van der Waals surface area contributed by atoms with Crippen LogP contribution in [0.15, 0.2) is 24.4 Å². The van der Waals surface area contributed by atoms with Crippen molar-refractivity contribution in [3.63, 3.8) is 0 Å². The van der Waals surface area contributed by atoms with Crippen molar-refractivity contribution in [2.24, 2.45) is 0 Å². The third-order valence-corrected chi connectivity index (χ3v) is 3.43. The molecule has 0 atom stereocenters. The van der Waals surface area contributed by atoms with E-state index in [1.807, 2.05) is 25.3 Å². The van der Waals surface area contributed by atoms with Gasteiger partial charge in [0.2, 0.25) is 0 Å². The Morgan fingerprint density at radius 1 is 1.37 bits per heavy atom. The highest BCUT2D eigenvalue weighted by molar-refractivity contribution is 6.38. The van der Waals surface area contributed by atoms with Crippen LogP contribution in [0.1, 0.15) is 18.9 Å².